The zero-order chi connectivity index (χ0) is 26.3. The molecule has 2 heterocycles. The van der Waals surface area contributed by atoms with Gasteiger partial charge in [-0.15, -0.1) is 0 Å². The van der Waals surface area contributed by atoms with Crippen LogP contribution in [0.5, 0.6) is 0 Å². The van der Waals surface area contributed by atoms with Gasteiger partial charge in [0.05, 0.1) is 14.2 Å². The minimum Gasteiger partial charge on any atom is -0.467 e. The number of nitrogens with two attached hydrogens (primary N) is 2. The van der Waals surface area contributed by atoms with Gasteiger partial charge in [0.15, 0.2) is 11.2 Å². The third-order valence-corrected chi connectivity index (χ3v) is 10.9. The Kier molecular flexibility index (Phi) is 5.85. The monoisotopic (exact) mass is 518 g/mol. The first-order valence-electron chi connectivity index (χ1n) is 13.6. The van der Waals surface area contributed by atoms with E-state index in [2.05, 4.69) is 10.6 Å². The number of carbonyl (C=O) groups excluding carboxylic acids is 4. The van der Waals surface area contributed by atoms with E-state index in [1.807, 2.05) is 0 Å². The Morgan fingerprint density at radius 3 is 1.51 bits per heavy atom. The summed E-state index contributed by atoms with van der Waals surface area (Å²) in [6, 6.07) is 0. The van der Waals surface area contributed by atoms with Crippen LogP contribution in [0.4, 0.5) is 0 Å². The van der Waals surface area contributed by atoms with Crippen molar-refractivity contribution < 1.29 is 33.4 Å². The van der Waals surface area contributed by atoms with Crippen LogP contribution < -0.4 is 22.1 Å². The molecule has 2 aliphatic heterocycles. The highest BCUT2D eigenvalue weighted by Crippen LogP contribution is 2.80. The van der Waals surface area contributed by atoms with Gasteiger partial charge in [0, 0.05) is 61.7 Å². The van der Waals surface area contributed by atoms with Crippen molar-refractivity contribution in [2.45, 2.75) is 36.9 Å². The molecule has 0 aromatic rings. The Hall–Kier alpha value is -2.24. The minimum absolute atomic E-state index is 0.0603. The number of hydrogen-bond donors (Lipinski definition) is 4. The quantitative estimate of drug-likeness (QED) is 0.287. The number of fused-ring (bicyclic) bond motifs is 16. The van der Waals surface area contributed by atoms with Gasteiger partial charge in [0.25, 0.3) is 0 Å². The number of esters is 2. The normalized spacial score (nSPS) is 47.5. The molecule has 4 saturated carbocycles. The number of carbonyl (C=O) groups is 4. The molecule has 6 bridgehead atoms. The molecule has 204 valence electrons. The number of hydrogen-bond acceptors (Lipinski definition) is 9. The summed E-state index contributed by atoms with van der Waals surface area (Å²) in [4.78, 5) is 53.8. The molecule has 0 aromatic carbocycles. The molecule has 37 heavy (non-hydrogen) atoms. The molecule has 6 N–H and O–H groups in total. The van der Waals surface area contributed by atoms with Gasteiger partial charge in [0.2, 0.25) is 11.8 Å². The second kappa shape index (κ2) is 8.64. The third kappa shape index (κ3) is 2.93. The summed E-state index contributed by atoms with van der Waals surface area (Å²) in [7, 11) is 2.71. The molecule has 6 aliphatic rings. The first kappa shape index (κ1) is 25.1. The van der Waals surface area contributed by atoms with Crippen molar-refractivity contribution in [1.29, 1.82) is 0 Å². The van der Waals surface area contributed by atoms with Gasteiger partial charge in [-0.05, 0) is 49.4 Å². The van der Waals surface area contributed by atoms with Gasteiger partial charge in [-0.3, -0.25) is 9.59 Å². The zero-order valence-electron chi connectivity index (χ0n) is 21.4. The van der Waals surface area contributed by atoms with Crippen LogP contribution in [0.3, 0.4) is 0 Å². The summed E-state index contributed by atoms with van der Waals surface area (Å²) in [5, 5.41) is 5.84. The Morgan fingerprint density at radius 1 is 0.730 bits per heavy atom. The molecule has 0 spiro atoms. The maximum absolute atomic E-state index is 13.8. The average Bonchev–Trinajstić information content (AvgIpc) is 3.73. The van der Waals surface area contributed by atoms with Crippen LogP contribution in [0.15, 0.2) is 0 Å². The number of nitrogens with one attached hydrogen (secondary N) is 2. The Balaban J connectivity index is 1.43. The summed E-state index contributed by atoms with van der Waals surface area (Å²) in [6.45, 7) is 1.47. The first-order valence-corrected chi connectivity index (χ1v) is 13.6. The first-order chi connectivity index (χ1) is 17.8. The standard InChI is InChI=1S/C26H38N4O7/c1-35-23(33)25-17-11-7-13(15(9-11)21(31)29-5-3-27)19(17)26(37-25,24(34)36-2)20-14-8-12(18(20)25)10-16(14)22(32)30-6-4-28/h11-20H,3-10,27-28H2,1-2H3,(H,29,31)(H,30,32)/t11-,12+,13+,14-,15-,16+,17-,18+,19+,20-,25?,26?. The number of methoxy groups -OCH3 is 2. The van der Waals surface area contributed by atoms with Crippen LogP contribution in [0.25, 0.3) is 0 Å². The lowest BCUT2D eigenvalue weighted by molar-refractivity contribution is -0.188. The summed E-state index contributed by atoms with van der Waals surface area (Å²) in [6.07, 6.45) is 2.81. The summed E-state index contributed by atoms with van der Waals surface area (Å²) >= 11 is 0. The highest BCUT2D eigenvalue weighted by atomic mass is 16.6. The SMILES string of the molecule is COC(=O)C12OC(C(=O)OC)([C@@H]3[C@@H]4C[C@@H](C[C@@H]4C(=O)NCCN)[C@@H]31)[C@H]1[C@H]3C[C@H](C[C@H]3C(=O)NCCN)[C@H]12. The summed E-state index contributed by atoms with van der Waals surface area (Å²) in [5.41, 5.74) is 8.58. The Labute approximate surface area is 216 Å². The van der Waals surface area contributed by atoms with Crippen molar-refractivity contribution in [3.05, 3.63) is 0 Å². The van der Waals surface area contributed by atoms with Gasteiger partial charge >= 0.3 is 11.9 Å². The second-order valence-electron chi connectivity index (χ2n) is 11.9. The van der Waals surface area contributed by atoms with Gasteiger partial charge in [-0.1, -0.05) is 0 Å². The molecular weight excluding hydrogens is 480 g/mol. The van der Waals surface area contributed by atoms with Crippen LogP contribution in [0, 0.1) is 59.2 Å². The molecule has 11 nitrogen and oxygen atoms in total. The van der Waals surface area contributed by atoms with Crippen LogP contribution in [-0.2, 0) is 33.4 Å². The molecule has 0 radical (unpaired) electrons. The topological polar surface area (TPSA) is 172 Å². The number of amides is 2. The van der Waals surface area contributed by atoms with Crippen molar-refractivity contribution in [3.63, 3.8) is 0 Å². The van der Waals surface area contributed by atoms with E-state index in [9.17, 15) is 19.2 Å². The second-order valence-corrected chi connectivity index (χ2v) is 11.9. The van der Waals surface area contributed by atoms with Crippen LogP contribution in [0.1, 0.15) is 25.7 Å². The van der Waals surface area contributed by atoms with Gasteiger partial charge in [-0.2, -0.15) is 0 Å². The zero-order valence-corrected chi connectivity index (χ0v) is 21.4. The fourth-order valence-electron chi connectivity index (χ4n) is 10.3. The lowest BCUT2D eigenvalue weighted by Gasteiger charge is -2.51. The van der Waals surface area contributed by atoms with E-state index in [-0.39, 0.29) is 71.0 Å². The smallest absolute Gasteiger partial charge is 0.338 e. The highest BCUT2D eigenvalue weighted by Gasteiger charge is 2.90. The lowest BCUT2D eigenvalue weighted by atomic mass is 9.48. The lowest BCUT2D eigenvalue weighted by Crippen LogP contribution is -2.63. The van der Waals surface area contributed by atoms with E-state index in [1.165, 1.54) is 14.2 Å². The van der Waals surface area contributed by atoms with Crippen molar-refractivity contribution in [3.8, 4) is 0 Å². The number of ether oxygens (including phenoxy) is 3. The maximum Gasteiger partial charge on any atom is 0.338 e. The van der Waals surface area contributed by atoms with Crippen molar-refractivity contribution in [2.75, 3.05) is 40.4 Å². The predicted molar refractivity (Wildman–Crippen MR) is 128 cm³/mol. The minimum atomic E-state index is -1.38. The van der Waals surface area contributed by atoms with E-state index in [1.54, 1.807) is 0 Å². The largest absolute Gasteiger partial charge is 0.467 e. The molecule has 0 aromatic heterocycles. The summed E-state index contributed by atoms with van der Waals surface area (Å²) in [5.74, 6) is -2.85. The fraction of sp³-hybridized carbons (Fsp3) is 0.846. The molecular formula is C26H38N4O7. The highest BCUT2D eigenvalue weighted by molar-refractivity contribution is 5.91. The van der Waals surface area contributed by atoms with E-state index in [4.69, 9.17) is 25.7 Å². The molecule has 6 fully saturated rings. The van der Waals surface area contributed by atoms with Crippen molar-refractivity contribution >= 4 is 23.8 Å². The Morgan fingerprint density at radius 2 is 1.14 bits per heavy atom. The van der Waals surface area contributed by atoms with Crippen LogP contribution >= 0.6 is 0 Å². The number of rotatable bonds is 8. The predicted octanol–water partition coefficient (Wildman–Crippen LogP) is -1.22. The summed E-state index contributed by atoms with van der Waals surface area (Å²) < 4.78 is 17.6. The van der Waals surface area contributed by atoms with Crippen LogP contribution in [-0.4, -0.2) is 75.4 Å². The Bertz CT molecular complexity index is 963. The van der Waals surface area contributed by atoms with Crippen molar-refractivity contribution in [1.82, 2.24) is 10.6 Å². The van der Waals surface area contributed by atoms with E-state index in [0.717, 1.165) is 12.8 Å². The molecule has 2 unspecified atom stereocenters. The maximum atomic E-state index is 13.8. The van der Waals surface area contributed by atoms with E-state index >= 15 is 0 Å². The molecule has 2 saturated heterocycles. The van der Waals surface area contributed by atoms with Crippen molar-refractivity contribution in [2.24, 2.45) is 70.6 Å². The van der Waals surface area contributed by atoms with Gasteiger partial charge < -0.3 is 36.3 Å². The average molecular weight is 519 g/mol. The van der Waals surface area contributed by atoms with E-state index in [0.29, 0.717) is 39.0 Å². The third-order valence-electron chi connectivity index (χ3n) is 10.9. The van der Waals surface area contributed by atoms with Gasteiger partial charge in [-0.25, -0.2) is 9.59 Å². The van der Waals surface area contributed by atoms with Gasteiger partial charge in [0.1, 0.15) is 0 Å². The molecule has 12 atom stereocenters. The van der Waals surface area contributed by atoms with Crippen LogP contribution in [0.2, 0.25) is 0 Å². The molecule has 6 rings (SSSR count). The molecule has 11 heteroatoms. The van der Waals surface area contributed by atoms with E-state index < -0.39 is 23.1 Å². The fourth-order valence-corrected chi connectivity index (χ4v) is 10.3. The molecule has 2 amide bonds. The molecule has 4 aliphatic carbocycles.